The molecule has 0 fully saturated rings. The Kier molecular flexibility index (Phi) is 7.70. The Morgan fingerprint density at radius 2 is 1.86 bits per heavy atom. The minimum Gasteiger partial charge on any atom is -0.461 e. The number of nitrogens with one attached hydrogen (secondary N) is 1. The number of carbonyl (C=O) groups excluding carboxylic acids is 2. The second kappa shape index (κ2) is 9.27. The first-order chi connectivity index (χ1) is 10.5. The normalized spacial score (nSPS) is 11.0. The van der Waals surface area contributed by atoms with Crippen molar-refractivity contribution in [2.24, 2.45) is 5.10 Å². The number of hydrazone groups is 1. The summed E-state index contributed by atoms with van der Waals surface area (Å²) in [6.07, 6.45) is -0.673. The highest BCUT2D eigenvalue weighted by molar-refractivity contribution is 6.38. The van der Waals surface area contributed by atoms with Gasteiger partial charge in [0.05, 0.1) is 13.2 Å². The molecule has 22 heavy (non-hydrogen) atoms. The minimum absolute atomic E-state index is 0.000810. The average molecular weight is 347 g/mol. The Bertz CT molecular complexity index is 576. The summed E-state index contributed by atoms with van der Waals surface area (Å²) in [6, 6.07) is 4.87. The topological polar surface area (TPSA) is 77.0 Å². The van der Waals surface area contributed by atoms with E-state index in [1.54, 1.807) is 32.0 Å². The van der Waals surface area contributed by atoms with Gasteiger partial charge < -0.3 is 9.47 Å². The lowest BCUT2D eigenvalue weighted by Crippen LogP contribution is -2.26. The lowest BCUT2D eigenvalue weighted by atomic mass is 10.1. The van der Waals surface area contributed by atoms with Crippen LogP contribution in [-0.2, 0) is 20.7 Å². The SMILES string of the molecule is CCOC(=O)N/N=C(\Cc1ccc(Cl)cc1Cl)C(=O)OCC. The van der Waals surface area contributed by atoms with Crippen molar-refractivity contribution < 1.29 is 19.1 Å². The summed E-state index contributed by atoms with van der Waals surface area (Å²) in [4.78, 5) is 23.1. The van der Waals surface area contributed by atoms with Crippen molar-refractivity contribution in [1.82, 2.24) is 5.43 Å². The van der Waals surface area contributed by atoms with Gasteiger partial charge in [0.1, 0.15) is 0 Å². The Morgan fingerprint density at radius 3 is 2.45 bits per heavy atom. The molecule has 0 aliphatic carbocycles. The number of hydrogen-bond donors (Lipinski definition) is 1. The molecule has 1 N–H and O–H groups in total. The number of ether oxygens (including phenoxy) is 2. The largest absolute Gasteiger partial charge is 0.461 e. The molecule has 0 bridgehead atoms. The van der Waals surface area contributed by atoms with E-state index in [0.717, 1.165) is 0 Å². The highest BCUT2D eigenvalue weighted by atomic mass is 35.5. The lowest BCUT2D eigenvalue weighted by Gasteiger charge is -2.08. The molecule has 1 rings (SSSR count). The summed E-state index contributed by atoms with van der Waals surface area (Å²) >= 11 is 11.9. The van der Waals surface area contributed by atoms with Gasteiger partial charge in [0.2, 0.25) is 0 Å². The first-order valence-electron chi connectivity index (χ1n) is 6.58. The molecule has 6 nitrogen and oxygen atoms in total. The summed E-state index contributed by atoms with van der Waals surface area (Å²) < 4.78 is 9.57. The average Bonchev–Trinajstić information content (AvgIpc) is 2.46. The van der Waals surface area contributed by atoms with Crippen molar-refractivity contribution in [3.63, 3.8) is 0 Å². The van der Waals surface area contributed by atoms with E-state index in [0.29, 0.717) is 15.6 Å². The smallest absolute Gasteiger partial charge is 0.427 e. The molecule has 0 unspecified atom stereocenters. The molecule has 0 aliphatic heterocycles. The molecule has 0 atom stereocenters. The third kappa shape index (κ3) is 5.91. The van der Waals surface area contributed by atoms with Crippen LogP contribution in [0.15, 0.2) is 23.3 Å². The van der Waals surface area contributed by atoms with E-state index in [-0.39, 0.29) is 25.3 Å². The number of carbonyl (C=O) groups is 2. The standard InChI is InChI=1S/C14H16Cl2N2O4/c1-3-21-13(19)12(17-18-14(20)22-4-2)7-9-5-6-10(15)8-11(9)16/h5-6,8H,3-4,7H2,1-2H3,(H,18,20)/b17-12+. The molecular weight excluding hydrogens is 331 g/mol. The highest BCUT2D eigenvalue weighted by Crippen LogP contribution is 2.21. The molecule has 0 heterocycles. The van der Waals surface area contributed by atoms with E-state index in [1.165, 1.54) is 0 Å². The fourth-order valence-corrected chi connectivity index (χ4v) is 1.97. The molecule has 1 aromatic carbocycles. The molecule has 0 saturated carbocycles. The van der Waals surface area contributed by atoms with Crippen LogP contribution in [0.3, 0.4) is 0 Å². The lowest BCUT2D eigenvalue weighted by molar-refractivity contribution is -0.135. The third-order valence-electron chi connectivity index (χ3n) is 2.44. The van der Waals surface area contributed by atoms with Gasteiger partial charge in [-0.3, -0.25) is 0 Å². The minimum atomic E-state index is -0.758. The number of nitrogens with zero attached hydrogens (tertiary/aromatic N) is 1. The molecule has 0 radical (unpaired) electrons. The monoisotopic (exact) mass is 346 g/mol. The maximum Gasteiger partial charge on any atom is 0.427 e. The quantitative estimate of drug-likeness (QED) is 0.487. The number of benzene rings is 1. The van der Waals surface area contributed by atoms with Crippen molar-refractivity contribution in [2.45, 2.75) is 20.3 Å². The second-order valence-electron chi connectivity index (χ2n) is 4.02. The van der Waals surface area contributed by atoms with Crippen LogP contribution in [-0.4, -0.2) is 31.0 Å². The van der Waals surface area contributed by atoms with Gasteiger partial charge in [0.25, 0.3) is 0 Å². The van der Waals surface area contributed by atoms with Crippen LogP contribution in [0.4, 0.5) is 4.79 Å². The number of halogens is 2. The van der Waals surface area contributed by atoms with Gasteiger partial charge in [-0.05, 0) is 31.5 Å². The van der Waals surface area contributed by atoms with Gasteiger partial charge in [-0.15, -0.1) is 0 Å². The fraction of sp³-hybridized carbons (Fsp3) is 0.357. The number of esters is 1. The summed E-state index contributed by atoms with van der Waals surface area (Å²) in [7, 11) is 0. The number of hydrogen-bond acceptors (Lipinski definition) is 5. The number of rotatable bonds is 6. The molecule has 0 saturated heterocycles. The molecule has 0 spiro atoms. The Balaban J connectivity index is 2.92. The molecule has 0 aliphatic rings. The van der Waals surface area contributed by atoms with Crippen molar-refractivity contribution in [3.05, 3.63) is 33.8 Å². The van der Waals surface area contributed by atoms with E-state index in [9.17, 15) is 9.59 Å². The van der Waals surface area contributed by atoms with Crippen LogP contribution in [0.25, 0.3) is 0 Å². The van der Waals surface area contributed by atoms with Crippen LogP contribution in [0, 0.1) is 0 Å². The van der Waals surface area contributed by atoms with E-state index >= 15 is 0 Å². The maximum atomic E-state index is 11.9. The summed E-state index contributed by atoms with van der Waals surface area (Å²) in [6.45, 7) is 3.71. The van der Waals surface area contributed by atoms with E-state index in [4.69, 9.17) is 27.9 Å². The van der Waals surface area contributed by atoms with Crippen LogP contribution in [0.2, 0.25) is 10.0 Å². The van der Waals surface area contributed by atoms with Gasteiger partial charge in [0, 0.05) is 16.5 Å². The van der Waals surface area contributed by atoms with Crippen molar-refractivity contribution >= 4 is 41.0 Å². The Morgan fingerprint density at radius 1 is 1.18 bits per heavy atom. The summed E-state index contributed by atoms with van der Waals surface area (Å²) in [5, 5.41) is 4.61. The molecule has 0 aromatic heterocycles. The summed E-state index contributed by atoms with van der Waals surface area (Å²) in [5.41, 5.74) is 2.76. The summed E-state index contributed by atoms with van der Waals surface area (Å²) in [5.74, 6) is -0.648. The van der Waals surface area contributed by atoms with Crippen LogP contribution < -0.4 is 5.43 Å². The van der Waals surface area contributed by atoms with Gasteiger partial charge in [-0.2, -0.15) is 5.10 Å². The highest BCUT2D eigenvalue weighted by Gasteiger charge is 2.16. The first kappa shape index (κ1) is 18.3. The zero-order valence-electron chi connectivity index (χ0n) is 12.2. The van der Waals surface area contributed by atoms with Crippen LogP contribution in [0.1, 0.15) is 19.4 Å². The third-order valence-corrected chi connectivity index (χ3v) is 3.03. The molecule has 1 amide bonds. The zero-order chi connectivity index (χ0) is 16.5. The molecular formula is C14H16Cl2N2O4. The fourth-order valence-electron chi connectivity index (χ4n) is 1.49. The van der Waals surface area contributed by atoms with E-state index < -0.39 is 12.1 Å². The Labute approximate surface area is 138 Å². The predicted octanol–water partition coefficient (Wildman–Crippen LogP) is 3.20. The van der Waals surface area contributed by atoms with Gasteiger partial charge in [0.15, 0.2) is 5.71 Å². The van der Waals surface area contributed by atoms with E-state index in [1.807, 2.05) is 0 Å². The second-order valence-corrected chi connectivity index (χ2v) is 4.87. The number of amides is 1. The van der Waals surface area contributed by atoms with E-state index in [2.05, 4.69) is 15.3 Å². The van der Waals surface area contributed by atoms with Crippen LogP contribution in [0.5, 0.6) is 0 Å². The van der Waals surface area contributed by atoms with Crippen molar-refractivity contribution in [1.29, 1.82) is 0 Å². The molecule has 120 valence electrons. The van der Waals surface area contributed by atoms with Crippen molar-refractivity contribution in [2.75, 3.05) is 13.2 Å². The van der Waals surface area contributed by atoms with Crippen molar-refractivity contribution in [3.8, 4) is 0 Å². The van der Waals surface area contributed by atoms with Gasteiger partial charge >= 0.3 is 12.1 Å². The Hall–Kier alpha value is -1.79. The molecule has 8 heteroatoms. The van der Waals surface area contributed by atoms with Crippen LogP contribution >= 0.6 is 23.2 Å². The maximum absolute atomic E-state index is 11.9. The zero-order valence-corrected chi connectivity index (χ0v) is 13.7. The van der Waals surface area contributed by atoms with Gasteiger partial charge in [-0.25, -0.2) is 15.0 Å². The first-order valence-corrected chi connectivity index (χ1v) is 7.33. The van der Waals surface area contributed by atoms with Gasteiger partial charge in [-0.1, -0.05) is 29.3 Å². The molecule has 1 aromatic rings. The predicted molar refractivity (Wildman–Crippen MR) is 84.4 cm³/mol.